The highest BCUT2D eigenvalue weighted by Gasteiger charge is 2.43. The number of hydrogen-bond acceptors (Lipinski definition) is 3. The van der Waals surface area contributed by atoms with Gasteiger partial charge < -0.3 is 15.2 Å². The van der Waals surface area contributed by atoms with Gasteiger partial charge in [0.2, 0.25) is 0 Å². The van der Waals surface area contributed by atoms with Gasteiger partial charge in [0.15, 0.2) is 11.5 Å². The molecule has 0 amide bonds. The first kappa shape index (κ1) is 13.1. The fourth-order valence-corrected chi connectivity index (χ4v) is 1.98. The number of hydrogen-bond donors (Lipinski definition) is 1. The molecule has 0 radical (unpaired) electrons. The molecule has 0 aromatic heterocycles. The largest absolute Gasteiger partial charge is 0.586 e. The van der Waals surface area contributed by atoms with Gasteiger partial charge >= 0.3 is 6.29 Å². The minimum absolute atomic E-state index is 0.0587. The van der Waals surface area contributed by atoms with Gasteiger partial charge in [-0.25, -0.2) is 0 Å². The number of rotatable bonds is 5. The maximum absolute atomic E-state index is 12.8. The van der Waals surface area contributed by atoms with E-state index in [9.17, 15) is 8.78 Å². The van der Waals surface area contributed by atoms with Crippen LogP contribution in [0.25, 0.3) is 0 Å². The monoisotopic (exact) mass is 257 g/mol. The molecule has 0 spiro atoms. The molecule has 2 N–H and O–H groups in total. The van der Waals surface area contributed by atoms with Crippen LogP contribution >= 0.6 is 0 Å². The number of fused-ring (bicyclic) bond motifs is 1. The third kappa shape index (κ3) is 2.90. The molecule has 0 saturated carbocycles. The molecule has 0 bridgehead atoms. The van der Waals surface area contributed by atoms with E-state index in [1.165, 1.54) is 12.1 Å². The van der Waals surface area contributed by atoms with Crippen molar-refractivity contribution in [2.75, 3.05) is 0 Å². The van der Waals surface area contributed by atoms with Gasteiger partial charge in [0.25, 0.3) is 0 Å². The van der Waals surface area contributed by atoms with Crippen molar-refractivity contribution in [3.63, 3.8) is 0 Å². The maximum atomic E-state index is 12.8. The van der Waals surface area contributed by atoms with E-state index in [1.54, 1.807) is 6.07 Å². The van der Waals surface area contributed by atoms with E-state index >= 15 is 0 Å². The third-order valence-corrected chi connectivity index (χ3v) is 2.97. The van der Waals surface area contributed by atoms with E-state index in [4.69, 9.17) is 5.73 Å². The zero-order chi connectivity index (χ0) is 13.2. The summed E-state index contributed by atoms with van der Waals surface area (Å²) in [6.07, 6.45) is 0.551. The van der Waals surface area contributed by atoms with Crippen LogP contribution in [0.4, 0.5) is 8.78 Å². The van der Waals surface area contributed by atoms with E-state index in [0.29, 0.717) is 0 Å². The summed E-state index contributed by atoms with van der Waals surface area (Å²) in [5.74, 6) is 0.118. The standard InChI is InChI=1S/C13H17F2NO2/c1-2-3-4-5-10(16)9-6-7-11-12(8-9)18-13(14,15)17-11/h6-8,10H,2-5,16H2,1H3/t10-/m1/s1. The number of nitrogens with two attached hydrogens (primary N) is 1. The molecular weight excluding hydrogens is 240 g/mol. The van der Waals surface area contributed by atoms with Crippen LogP contribution in [0.1, 0.15) is 44.2 Å². The highest BCUT2D eigenvalue weighted by atomic mass is 19.3. The van der Waals surface area contributed by atoms with Gasteiger partial charge in [-0.1, -0.05) is 32.3 Å². The van der Waals surface area contributed by atoms with Crippen molar-refractivity contribution in [1.29, 1.82) is 0 Å². The Bertz CT molecular complexity index is 423. The molecule has 1 atom stereocenters. The summed E-state index contributed by atoms with van der Waals surface area (Å²) in [6, 6.07) is 4.57. The molecule has 0 saturated heterocycles. The number of ether oxygens (including phenoxy) is 2. The predicted octanol–water partition coefficient (Wildman–Crippen LogP) is 3.59. The summed E-state index contributed by atoms with van der Waals surface area (Å²) < 4.78 is 34.4. The Kier molecular flexibility index (Phi) is 3.71. The first-order chi connectivity index (χ1) is 8.52. The van der Waals surface area contributed by atoms with E-state index in [0.717, 1.165) is 31.2 Å². The topological polar surface area (TPSA) is 44.5 Å². The normalized spacial score (nSPS) is 17.8. The molecule has 1 aromatic carbocycles. The van der Waals surface area contributed by atoms with Gasteiger partial charge in [0.05, 0.1) is 0 Å². The third-order valence-electron chi connectivity index (χ3n) is 2.97. The van der Waals surface area contributed by atoms with Gasteiger partial charge in [-0.2, -0.15) is 0 Å². The molecular formula is C13H17F2NO2. The van der Waals surface area contributed by atoms with Crippen LogP contribution in [0.3, 0.4) is 0 Å². The summed E-state index contributed by atoms with van der Waals surface area (Å²) in [7, 11) is 0. The summed E-state index contributed by atoms with van der Waals surface area (Å²) >= 11 is 0. The fourth-order valence-electron chi connectivity index (χ4n) is 1.98. The second-order valence-electron chi connectivity index (χ2n) is 4.48. The van der Waals surface area contributed by atoms with Crippen LogP contribution in [0, 0.1) is 0 Å². The smallest absolute Gasteiger partial charge is 0.395 e. The number of halogens is 2. The molecule has 1 aliphatic rings. The molecule has 2 rings (SSSR count). The lowest BCUT2D eigenvalue weighted by Gasteiger charge is -2.12. The molecule has 0 fully saturated rings. The average molecular weight is 257 g/mol. The van der Waals surface area contributed by atoms with Crippen LogP contribution in [0.15, 0.2) is 18.2 Å². The molecule has 100 valence electrons. The highest BCUT2D eigenvalue weighted by Crippen LogP contribution is 2.42. The van der Waals surface area contributed by atoms with Crippen molar-refractivity contribution >= 4 is 0 Å². The average Bonchev–Trinajstić information content (AvgIpc) is 2.61. The molecule has 1 heterocycles. The SMILES string of the molecule is CCCCC[C@@H](N)c1ccc2c(c1)OC(F)(F)O2. The second-order valence-corrected chi connectivity index (χ2v) is 4.48. The lowest BCUT2D eigenvalue weighted by Crippen LogP contribution is -2.25. The molecule has 1 aliphatic heterocycles. The predicted molar refractivity (Wildman–Crippen MR) is 63.7 cm³/mol. The van der Waals surface area contributed by atoms with Crippen molar-refractivity contribution in [3.8, 4) is 11.5 Å². The summed E-state index contributed by atoms with van der Waals surface area (Å²) in [6.45, 7) is 2.12. The van der Waals surface area contributed by atoms with Crippen molar-refractivity contribution in [2.45, 2.75) is 44.9 Å². The summed E-state index contributed by atoms with van der Waals surface area (Å²) in [5, 5.41) is 0. The van der Waals surface area contributed by atoms with Gasteiger partial charge in [-0.05, 0) is 24.1 Å². The molecule has 0 unspecified atom stereocenters. The number of alkyl halides is 2. The zero-order valence-electron chi connectivity index (χ0n) is 10.3. The van der Waals surface area contributed by atoms with E-state index in [1.807, 2.05) is 0 Å². The lowest BCUT2D eigenvalue weighted by molar-refractivity contribution is -0.286. The summed E-state index contributed by atoms with van der Waals surface area (Å²) in [4.78, 5) is 0. The van der Waals surface area contributed by atoms with Crippen LogP contribution in [0.2, 0.25) is 0 Å². The second kappa shape index (κ2) is 5.10. The Morgan fingerprint density at radius 1 is 1.22 bits per heavy atom. The quantitative estimate of drug-likeness (QED) is 0.820. The fraction of sp³-hybridized carbons (Fsp3) is 0.538. The molecule has 18 heavy (non-hydrogen) atoms. The Morgan fingerprint density at radius 3 is 2.67 bits per heavy atom. The van der Waals surface area contributed by atoms with Crippen molar-refractivity contribution in [3.05, 3.63) is 23.8 Å². The van der Waals surface area contributed by atoms with Gasteiger partial charge in [0, 0.05) is 6.04 Å². The molecule has 5 heteroatoms. The van der Waals surface area contributed by atoms with E-state index in [2.05, 4.69) is 16.4 Å². The Labute approximate surface area is 105 Å². The Hall–Kier alpha value is -1.36. The first-order valence-corrected chi connectivity index (χ1v) is 6.17. The van der Waals surface area contributed by atoms with Crippen LogP contribution in [-0.2, 0) is 0 Å². The van der Waals surface area contributed by atoms with E-state index < -0.39 is 6.29 Å². The number of benzene rings is 1. The highest BCUT2D eigenvalue weighted by molar-refractivity contribution is 5.45. The molecule has 1 aromatic rings. The van der Waals surface area contributed by atoms with E-state index in [-0.39, 0.29) is 17.5 Å². The number of unbranched alkanes of at least 4 members (excludes halogenated alkanes) is 2. The lowest BCUT2D eigenvalue weighted by atomic mass is 10.0. The molecule has 3 nitrogen and oxygen atoms in total. The van der Waals surface area contributed by atoms with Crippen LogP contribution < -0.4 is 15.2 Å². The minimum atomic E-state index is -3.56. The van der Waals surface area contributed by atoms with Gasteiger partial charge in [-0.3, -0.25) is 0 Å². The van der Waals surface area contributed by atoms with Crippen molar-refractivity contribution < 1.29 is 18.3 Å². The maximum Gasteiger partial charge on any atom is 0.586 e. The van der Waals surface area contributed by atoms with Crippen molar-refractivity contribution in [2.24, 2.45) is 5.73 Å². The molecule has 0 aliphatic carbocycles. The van der Waals surface area contributed by atoms with Gasteiger partial charge in [-0.15, -0.1) is 8.78 Å². The van der Waals surface area contributed by atoms with Crippen LogP contribution in [0.5, 0.6) is 11.5 Å². The Balaban J connectivity index is 2.04. The van der Waals surface area contributed by atoms with Crippen molar-refractivity contribution in [1.82, 2.24) is 0 Å². The first-order valence-electron chi connectivity index (χ1n) is 6.17. The van der Waals surface area contributed by atoms with Gasteiger partial charge in [0.1, 0.15) is 0 Å². The minimum Gasteiger partial charge on any atom is -0.395 e. The summed E-state index contributed by atoms with van der Waals surface area (Å²) in [5.41, 5.74) is 6.81. The Morgan fingerprint density at radius 2 is 1.94 bits per heavy atom. The zero-order valence-corrected chi connectivity index (χ0v) is 10.3. The van der Waals surface area contributed by atoms with Crippen LogP contribution in [-0.4, -0.2) is 6.29 Å².